The molecule has 2 heterocycles. The molecule has 10 nitrogen and oxygen atoms in total. The molecule has 0 unspecified atom stereocenters. The number of rotatable bonds is 7. The van der Waals surface area contributed by atoms with Crippen molar-refractivity contribution >= 4 is 34.9 Å². The summed E-state index contributed by atoms with van der Waals surface area (Å²) in [5.74, 6) is 2.21. The Bertz CT molecular complexity index is 960. The van der Waals surface area contributed by atoms with Crippen LogP contribution in [0.15, 0.2) is 29.3 Å². The average molecular weight is 474 g/mol. The number of guanidine groups is 1. The molecule has 0 bridgehead atoms. The molecule has 1 aromatic carbocycles. The summed E-state index contributed by atoms with van der Waals surface area (Å²) in [6.45, 7) is 8.55. The van der Waals surface area contributed by atoms with Gasteiger partial charge in [0.05, 0.1) is 39.7 Å². The van der Waals surface area contributed by atoms with E-state index in [1.165, 1.54) is 0 Å². The number of morpholine rings is 1. The highest BCUT2D eigenvalue weighted by Gasteiger charge is 2.12. The van der Waals surface area contributed by atoms with Crippen LogP contribution in [-0.2, 0) is 4.74 Å². The van der Waals surface area contributed by atoms with Gasteiger partial charge in [-0.25, -0.2) is 9.97 Å². The zero-order chi connectivity index (χ0) is 23.6. The van der Waals surface area contributed by atoms with Gasteiger partial charge in [0.15, 0.2) is 5.11 Å². The molecule has 1 aliphatic heterocycles. The van der Waals surface area contributed by atoms with Crippen molar-refractivity contribution < 1.29 is 14.2 Å². The molecule has 3 N–H and O–H groups in total. The van der Waals surface area contributed by atoms with E-state index in [0.717, 1.165) is 44.2 Å². The summed E-state index contributed by atoms with van der Waals surface area (Å²) >= 11 is 5.53. The summed E-state index contributed by atoms with van der Waals surface area (Å²) < 4.78 is 16.1. The third kappa shape index (κ3) is 7.81. The summed E-state index contributed by atoms with van der Waals surface area (Å²) in [5.41, 5.74) is 2.42. The molecule has 0 amide bonds. The summed E-state index contributed by atoms with van der Waals surface area (Å²) in [6.07, 6.45) is 0. The average Bonchev–Trinajstić information content (AvgIpc) is 2.79. The van der Waals surface area contributed by atoms with Gasteiger partial charge in [-0.2, -0.15) is 0 Å². The van der Waals surface area contributed by atoms with E-state index in [9.17, 15) is 0 Å². The predicted octanol–water partition coefficient (Wildman–Crippen LogP) is 2.20. The lowest BCUT2D eigenvalue weighted by atomic mass is 10.2. The van der Waals surface area contributed by atoms with Crippen molar-refractivity contribution in [2.75, 3.05) is 64.2 Å². The number of aryl methyl sites for hydroxylation is 2. The normalized spacial score (nSPS) is 14.5. The Kier molecular flexibility index (Phi) is 9.16. The van der Waals surface area contributed by atoms with Crippen LogP contribution in [0.5, 0.6) is 11.5 Å². The van der Waals surface area contributed by atoms with Crippen molar-refractivity contribution in [1.29, 1.82) is 0 Å². The number of ether oxygens (including phenoxy) is 3. The minimum atomic E-state index is 0.348. The fraction of sp³-hybridized carbons (Fsp3) is 0.455. The van der Waals surface area contributed by atoms with E-state index in [-0.39, 0.29) is 0 Å². The molecule has 0 atom stereocenters. The Morgan fingerprint density at radius 2 is 1.82 bits per heavy atom. The number of nitrogens with zero attached hydrogens (tertiary/aromatic N) is 4. The van der Waals surface area contributed by atoms with Gasteiger partial charge in [0.2, 0.25) is 11.9 Å². The Hall–Kier alpha value is -3.02. The second-order valence-corrected chi connectivity index (χ2v) is 7.84. The van der Waals surface area contributed by atoms with Gasteiger partial charge in [0.1, 0.15) is 11.5 Å². The van der Waals surface area contributed by atoms with Crippen molar-refractivity contribution in [2.24, 2.45) is 4.99 Å². The van der Waals surface area contributed by atoms with Gasteiger partial charge < -0.3 is 24.8 Å². The second kappa shape index (κ2) is 12.3. The Morgan fingerprint density at radius 1 is 1.09 bits per heavy atom. The highest BCUT2D eigenvalue weighted by Crippen LogP contribution is 2.28. The first kappa shape index (κ1) is 24.6. The van der Waals surface area contributed by atoms with E-state index in [0.29, 0.717) is 40.8 Å². The van der Waals surface area contributed by atoms with Gasteiger partial charge in [-0.15, -0.1) is 0 Å². The van der Waals surface area contributed by atoms with Crippen LogP contribution >= 0.6 is 12.2 Å². The lowest BCUT2D eigenvalue weighted by molar-refractivity contribution is 0.0394. The first-order valence-electron chi connectivity index (χ1n) is 10.7. The van der Waals surface area contributed by atoms with Crippen LogP contribution < -0.4 is 25.4 Å². The molecule has 1 aliphatic rings. The number of anilines is 2. The van der Waals surface area contributed by atoms with Crippen LogP contribution in [0.4, 0.5) is 11.6 Å². The van der Waals surface area contributed by atoms with Crippen molar-refractivity contribution in [3.8, 4) is 11.5 Å². The number of benzene rings is 1. The third-order valence-corrected chi connectivity index (χ3v) is 5.10. The van der Waals surface area contributed by atoms with E-state index in [1.807, 2.05) is 32.0 Å². The number of thiocarbonyl (C=S) groups is 1. The summed E-state index contributed by atoms with van der Waals surface area (Å²) in [6, 6.07) is 7.35. The maximum Gasteiger partial charge on any atom is 0.229 e. The van der Waals surface area contributed by atoms with Crippen molar-refractivity contribution in [3.05, 3.63) is 35.7 Å². The topological polar surface area (TPSA) is 105 Å². The number of hydrogen-bond acceptors (Lipinski definition) is 8. The molecule has 1 aromatic heterocycles. The Morgan fingerprint density at radius 3 is 2.48 bits per heavy atom. The smallest absolute Gasteiger partial charge is 0.229 e. The number of aliphatic imine (C=N–C) groups is 1. The molecule has 1 fully saturated rings. The molecule has 0 aliphatic carbocycles. The molecular weight excluding hydrogens is 442 g/mol. The maximum atomic E-state index is 5.53. The van der Waals surface area contributed by atoms with Crippen molar-refractivity contribution in [1.82, 2.24) is 20.2 Å². The lowest BCUT2D eigenvalue weighted by Crippen LogP contribution is -2.41. The zero-order valence-corrected chi connectivity index (χ0v) is 20.3. The quantitative estimate of drug-likeness (QED) is 0.315. The van der Waals surface area contributed by atoms with Gasteiger partial charge in [0, 0.05) is 37.1 Å². The molecule has 3 rings (SSSR count). The van der Waals surface area contributed by atoms with Gasteiger partial charge in [-0.1, -0.05) is 0 Å². The molecule has 11 heteroatoms. The fourth-order valence-corrected chi connectivity index (χ4v) is 3.50. The summed E-state index contributed by atoms with van der Waals surface area (Å²) in [4.78, 5) is 15.9. The molecule has 0 radical (unpaired) electrons. The summed E-state index contributed by atoms with van der Waals surface area (Å²) in [7, 11) is 3.20. The Balaban J connectivity index is 1.70. The number of aromatic nitrogens is 2. The van der Waals surface area contributed by atoms with E-state index < -0.39 is 0 Å². The molecular formula is C22H31N7O3S. The molecule has 2 aromatic rings. The van der Waals surface area contributed by atoms with Gasteiger partial charge in [0.25, 0.3) is 0 Å². The highest BCUT2D eigenvalue weighted by atomic mass is 32.1. The predicted molar refractivity (Wildman–Crippen MR) is 134 cm³/mol. The molecule has 0 spiro atoms. The van der Waals surface area contributed by atoms with E-state index in [4.69, 9.17) is 26.4 Å². The monoisotopic (exact) mass is 473 g/mol. The van der Waals surface area contributed by atoms with E-state index in [2.05, 4.69) is 35.8 Å². The van der Waals surface area contributed by atoms with E-state index in [1.54, 1.807) is 20.3 Å². The minimum absolute atomic E-state index is 0.348. The first-order valence-corrected chi connectivity index (χ1v) is 11.1. The van der Waals surface area contributed by atoms with Crippen LogP contribution in [0.1, 0.15) is 11.4 Å². The van der Waals surface area contributed by atoms with Gasteiger partial charge in [-0.3, -0.25) is 15.2 Å². The Labute approximate surface area is 199 Å². The molecule has 1 saturated heterocycles. The number of hydrogen-bond donors (Lipinski definition) is 3. The maximum absolute atomic E-state index is 5.53. The molecule has 0 saturated carbocycles. The SMILES string of the molecule is COc1ccc(NC(=S)NC(=NCCN2CCOCC2)Nc2nc(C)cc(C)n2)c(OC)c1. The molecule has 33 heavy (non-hydrogen) atoms. The van der Waals surface area contributed by atoms with E-state index >= 15 is 0 Å². The lowest BCUT2D eigenvalue weighted by Gasteiger charge is -2.25. The van der Waals surface area contributed by atoms with Crippen LogP contribution in [0.2, 0.25) is 0 Å². The van der Waals surface area contributed by atoms with Gasteiger partial charge in [-0.05, 0) is 44.3 Å². The fourth-order valence-electron chi connectivity index (χ4n) is 3.29. The van der Waals surface area contributed by atoms with Gasteiger partial charge >= 0.3 is 0 Å². The number of methoxy groups -OCH3 is 2. The number of nitrogens with one attached hydrogen (secondary N) is 3. The third-order valence-electron chi connectivity index (χ3n) is 4.89. The summed E-state index contributed by atoms with van der Waals surface area (Å²) in [5, 5.41) is 9.77. The van der Waals surface area contributed by atoms with Crippen LogP contribution in [-0.4, -0.2) is 79.6 Å². The first-order chi connectivity index (χ1) is 16.0. The molecule has 178 valence electrons. The van der Waals surface area contributed by atoms with Crippen molar-refractivity contribution in [2.45, 2.75) is 13.8 Å². The van der Waals surface area contributed by atoms with Crippen LogP contribution in [0.25, 0.3) is 0 Å². The van der Waals surface area contributed by atoms with Crippen molar-refractivity contribution in [3.63, 3.8) is 0 Å². The highest BCUT2D eigenvalue weighted by molar-refractivity contribution is 7.80. The largest absolute Gasteiger partial charge is 0.497 e. The second-order valence-electron chi connectivity index (χ2n) is 7.43. The van der Waals surface area contributed by atoms with Crippen LogP contribution in [0, 0.1) is 13.8 Å². The standard InChI is InChI=1S/C22H31N7O3S/c1-15-13-16(2)25-21(24-15)27-20(23-7-8-29-9-11-32-12-10-29)28-22(33)26-18-6-5-17(30-3)14-19(18)31-4/h5-6,13-14H,7-12H2,1-4H3,(H3,23,24,25,26,27,28,33). The van der Waals surface area contributed by atoms with Crippen LogP contribution in [0.3, 0.4) is 0 Å². The zero-order valence-electron chi connectivity index (χ0n) is 19.5. The minimum Gasteiger partial charge on any atom is -0.497 e.